The van der Waals surface area contributed by atoms with Crippen LogP contribution in [0.1, 0.15) is 15.9 Å². The number of benzene rings is 2. The van der Waals surface area contributed by atoms with Gasteiger partial charge in [0.1, 0.15) is 0 Å². The number of hydrogen-bond acceptors (Lipinski definition) is 3. The molecule has 3 nitrogen and oxygen atoms in total. The molecule has 0 aromatic heterocycles. The van der Waals surface area contributed by atoms with E-state index in [-0.39, 0.29) is 5.78 Å². The number of carbonyl (C=O) groups excluding carboxylic acids is 1. The lowest BCUT2D eigenvalue weighted by atomic mass is 9.96. The Morgan fingerprint density at radius 1 is 0.952 bits per heavy atom. The van der Waals surface area contributed by atoms with Crippen LogP contribution >= 0.6 is 0 Å². The van der Waals surface area contributed by atoms with E-state index >= 15 is 0 Å². The highest BCUT2D eigenvalue weighted by Gasteiger charge is 2.26. The summed E-state index contributed by atoms with van der Waals surface area (Å²) in [6.45, 7) is 0. The number of carbonyl (C=O) groups is 1. The van der Waals surface area contributed by atoms with E-state index in [0.29, 0.717) is 11.1 Å². The second-order valence-electron chi connectivity index (χ2n) is 4.84. The number of para-hydroxylation sites is 2. The van der Waals surface area contributed by atoms with Gasteiger partial charge in [-0.25, -0.2) is 0 Å². The summed E-state index contributed by atoms with van der Waals surface area (Å²) < 4.78 is 0. The SMILES string of the molecule is CN1c2ccccc2C(=O)C(=CC=CO)c2ccccc21. The molecule has 0 radical (unpaired) electrons. The molecule has 0 amide bonds. The summed E-state index contributed by atoms with van der Waals surface area (Å²) in [7, 11) is 1.95. The van der Waals surface area contributed by atoms with Crippen LogP contribution in [0.2, 0.25) is 0 Å². The molecule has 1 aliphatic rings. The molecule has 0 saturated carbocycles. The topological polar surface area (TPSA) is 40.5 Å². The fourth-order valence-corrected chi connectivity index (χ4v) is 2.65. The van der Waals surface area contributed by atoms with Gasteiger partial charge in [-0.05, 0) is 30.4 Å². The summed E-state index contributed by atoms with van der Waals surface area (Å²) in [5.41, 5.74) is 3.94. The van der Waals surface area contributed by atoms with Crippen molar-refractivity contribution in [2.75, 3.05) is 11.9 Å². The van der Waals surface area contributed by atoms with Crippen LogP contribution in [0.3, 0.4) is 0 Å². The van der Waals surface area contributed by atoms with Crippen LogP contribution in [0.15, 0.2) is 66.9 Å². The van der Waals surface area contributed by atoms with E-state index in [1.807, 2.05) is 60.5 Å². The zero-order chi connectivity index (χ0) is 14.8. The summed E-state index contributed by atoms with van der Waals surface area (Å²) in [5.74, 6) is -0.0412. The van der Waals surface area contributed by atoms with Crippen molar-refractivity contribution in [2.24, 2.45) is 0 Å². The van der Waals surface area contributed by atoms with Gasteiger partial charge >= 0.3 is 0 Å². The number of allylic oxidation sites excluding steroid dienone is 3. The third kappa shape index (κ3) is 2.13. The Kier molecular flexibility index (Phi) is 3.32. The second-order valence-corrected chi connectivity index (χ2v) is 4.84. The first-order chi connectivity index (χ1) is 10.2. The second kappa shape index (κ2) is 5.29. The molecule has 1 N–H and O–H groups in total. The van der Waals surface area contributed by atoms with E-state index in [9.17, 15) is 4.79 Å². The number of rotatable bonds is 1. The van der Waals surface area contributed by atoms with Crippen molar-refractivity contribution in [3.8, 4) is 0 Å². The monoisotopic (exact) mass is 277 g/mol. The fourth-order valence-electron chi connectivity index (χ4n) is 2.65. The molecule has 104 valence electrons. The Bertz CT molecular complexity index is 759. The average Bonchev–Trinajstić information content (AvgIpc) is 2.62. The Morgan fingerprint density at radius 2 is 1.52 bits per heavy atom. The number of ketones is 1. The lowest BCUT2D eigenvalue weighted by Crippen LogP contribution is -2.11. The zero-order valence-corrected chi connectivity index (χ0v) is 11.7. The van der Waals surface area contributed by atoms with Crippen LogP contribution in [0, 0.1) is 0 Å². The number of hydrogen-bond donors (Lipinski definition) is 1. The molecular weight excluding hydrogens is 262 g/mol. The van der Waals surface area contributed by atoms with E-state index in [4.69, 9.17) is 5.11 Å². The van der Waals surface area contributed by atoms with E-state index < -0.39 is 0 Å². The minimum Gasteiger partial charge on any atom is -0.516 e. The predicted octanol–water partition coefficient (Wildman–Crippen LogP) is 4.11. The molecule has 1 aliphatic heterocycles. The van der Waals surface area contributed by atoms with Gasteiger partial charge in [0.2, 0.25) is 0 Å². The molecule has 0 saturated heterocycles. The van der Waals surface area contributed by atoms with Gasteiger partial charge in [-0.15, -0.1) is 0 Å². The van der Waals surface area contributed by atoms with Crippen LogP contribution in [0.5, 0.6) is 0 Å². The standard InChI is InChI=1S/C18H15NO2/c1-19-16-10-4-2-7-13(16)14(9-6-12-20)18(21)15-8-3-5-11-17(15)19/h2-12,20H,1H3. The largest absolute Gasteiger partial charge is 0.516 e. The third-order valence-corrected chi connectivity index (χ3v) is 3.66. The van der Waals surface area contributed by atoms with Crippen molar-refractivity contribution in [3.63, 3.8) is 0 Å². The van der Waals surface area contributed by atoms with Crippen LogP contribution in [-0.2, 0) is 0 Å². The third-order valence-electron chi connectivity index (χ3n) is 3.66. The minimum atomic E-state index is -0.0412. The zero-order valence-electron chi connectivity index (χ0n) is 11.7. The molecule has 1 heterocycles. The van der Waals surface area contributed by atoms with Crippen molar-refractivity contribution in [1.82, 2.24) is 0 Å². The molecule has 2 aromatic rings. The first kappa shape index (κ1) is 13.2. The predicted molar refractivity (Wildman–Crippen MR) is 85.0 cm³/mol. The maximum Gasteiger partial charge on any atom is 0.195 e. The fraction of sp³-hybridized carbons (Fsp3) is 0.0556. The Balaban J connectivity index is 2.33. The van der Waals surface area contributed by atoms with Crippen molar-refractivity contribution < 1.29 is 9.90 Å². The molecular formula is C18H15NO2. The summed E-state index contributed by atoms with van der Waals surface area (Å²) in [5, 5.41) is 8.90. The number of nitrogens with zero attached hydrogens (tertiary/aromatic N) is 1. The lowest BCUT2D eigenvalue weighted by molar-refractivity contribution is 0.105. The number of anilines is 2. The minimum absolute atomic E-state index is 0.0412. The highest BCUT2D eigenvalue weighted by molar-refractivity contribution is 6.33. The maximum atomic E-state index is 12.8. The van der Waals surface area contributed by atoms with Crippen LogP contribution in [0.25, 0.3) is 5.57 Å². The van der Waals surface area contributed by atoms with Crippen LogP contribution in [0.4, 0.5) is 11.4 Å². The van der Waals surface area contributed by atoms with Crippen molar-refractivity contribution in [3.05, 3.63) is 78.1 Å². The van der Waals surface area contributed by atoms with Crippen molar-refractivity contribution >= 4 is 22.7 Å². The maximum absolute atomic E-state index is 12.8. The highest BCUT2D eigenvalue weighted by atomic mass is 16.2. The van der Waals surface area contributed by atoms with E-state index in [1.54, 1.807) is 6.08 Å². The van der Waals surface area contributed by atoms with Crippen LogP contribution in [-0.4, -0.2) is 17.9 Å². The number of aliphatic hydroxyl groups is 1. The van der Waals surface area contributed by atoms with E-state index in [2.05, 4.69) is 0 Å². The highest BCUT2D eigenvalue weighted by Crippen LogP contribution is 2.39. The van der Waals surface area contributed by atoms with Gasteiger partial charge in [0.25, 0.3) is 0 Å². The summed E-state index contributed by atoms with van der Waals surface area (Å²) in [6, 6.07) is 15.3. The Hall–Kier alpha value is -2.81. The molecule has 0 unspecified atom stereocenters. The molecule has 2 aromatic carbocycles. The molecule has 3 heteroatoms. The van der Waals surface area contributed by atoms with E-state index in [0.717, 1.165) is 23.2 Å². The van der Waals surface area contributed by atoms with Crippen molar-refractivity contribution in [1.29, 1.82) is 0 Å². The first-order valence-corrected chi connectivity index (χ1v) is 6.72. The van der Waals surface area contributed by atoms with Crippen LogP contribution < -0.4 is 4.90 Å². The van der Waals surface area contributed by atoms with Gasteiger partial charge in [0.15, 0.2) is 5.78 Å². The Labute approximate surface area is 123 Å². The molecule has 0 spiro atoms. The molecule has 0 atom stereocenters. The molecule has 21 heavy (non-hydrogen) atoms. The number of Topliss-reactive ketones (excluding diaryl/α,β-unsaturated/α-hetero) is 1. The van der Waals surface area contributed by atoms with Gasteiger partial charge in [-0.1, -0.05) is 30.3 Å². The quantitative estimate of drug-likeness (QED) is 0.630. The Morgan fingerprint density at radius 3 is 2.19 bits per heavy atom. The normalized spacial score (nSPS) is 16.0. The molecule has 3 rings (SSSR count). The van der Waals surface area contributed by atoms with E-state index in [1.165, 1.54) is 6.08 Å². The smallest absolute Gasteiger partial charge is 0.195 e. The first-order valence-electron chi connectivity index (χ1n) is 6.72. The van der Waals surface area contributed by atoms with Gasteiger partial charge in [0.05, 0.1) is 11.9 Å². The molecule has 0 fully saturated rings. The average molecular weight is 277 g/mol. The molecule has 0 aliphatic carbocycles. The number of aliphatic hydroxyl groups excluding tert-OH is 1. The summed E-state index contributed by atoms with van der Waals surface area (Å²) in [4.78, 5) is 14.9. The van der Waals surface area contributed by atoms with Gasteiger partial charge < -0.3 is 10.0 Å². The summed E-state index contributed by atoms with van der Waals surface area (Å²) in [6.07, 6.45) is 4.05. The lowest BCUT2D eigenvalue weighted by Gasteiger charge is -2.20. The van der Waals surface area contributed by atoms with Crippen molar-refractivity contribution in [2.45, 2.75) is 0 Å². The summed E-state index contributed by atoms with van der Waals surface area (Å²) >= 11 is 0. The molecule has 0 bridgehead atoms. The van der Waals surface area contributed by atoms with Gasteiger partial charge in [-0.3, -0.25) is 4.79 Å². The van der Waals surface area contributed by atoms with Gasteiger partial charge in [-0.2, -0.15) is 0 Å². The van der Waals surface area contributed by atoms with Gasteiger partial charge in [0, 0.05) is 29.4 Å². The number of fused-ring (bicyclic) bond motifs is 2.